The maximum Gasteiger partial charge on any atom is 0.317 e. The number of nitriles is 1. The normalized spacial score (nSPS) is 11.6. The Bertz CT molecular complexity index is 125. The van der Waals surface area contributed by atoms with Crippen LogP contribution in [-0.2, 0) is 0 Å². The Balaban J connectivity index is 3.89. The van der Waals surface area contributed by atoms with Crippen molar-refractivity contribution in [2.24, 2.45) is 0 Å². The van der Waals surface area contributed by atoms with Crippen LogP contribution in [0.25, 0.3) is 0 Å². The van der Waals surface area contributed by atoms with Crippen molar-refractivity contribution in [1.29, 1.82) is 5.26 Å². The van der Waals surface area contributed by atoms with E-state index in [9.17, 15) is 8.78 Å². The van der Waals surface area contributed by atoms with Gasteiger partial charge in [0.1, 0.15) is 6.42 Å². The van der Waals surface area contributed by atoms with Crippen molar-refractivity contribution in [1.82, 2.24) is 4.90 Å². The summed E-state index contributed by atoms with van der Waals surface area (Å²) >= 11 is 0. The van der Waals surface area contributed by atoms with E-state index in [1.165, 1.54) is 20.2 Å². The highest BCUT2D eigenvalue weighted by Gasteiger charge is 2.30. The van der Waals surface area contributed by atoms with Crippen LogP contribution >= 0.6 is 0 Å². The first-order chi connectivity index (χ1) is 4.00. The molecular weight excluding hydrogens is 126 g/mol. The first-order valence-electron chi connectivity index (χ1n) is 2.43. The second kappa shape index (κ2) is 2.74. The zero-order valence-corrected chi connectivity index (χ0v) is 5.36. The Morgan fingerprint density at radius 2 is 2.00 bits per heavy atom. The quantitative estimate of drug-likeness (QED) is 0.528. The molecular formula is C5H8F2N2. The van der Waals surface area contributed by atoms with Crippen molar-refractivity contribution >= 4 is 0 Å². The molecule has 9 heavy (non-hydrogen) atoms. The van der Waals surface area contributed by atoms with Gasteiger partial charge in [-0.3, -0.25) is 0 Å². The summed E-state index contributed by atoms with van der Waals surface area (Å²) in [7, 11) is 2.47. The molecule has 0 atom stereocenters. The van der Waals surface area contributed by atoms with E-state index in [1.54, 1.807) is 0 Å². The summed E-state index contributed by atoms with van der Waals surface area (Å²) in [5.74, 6) is 0. The molecule has 0 aliphatic heterocycles. The molecule has 4 heteroatoms. The third-order valence-electron chi connectivity index (χ3n) is 0.946. The number of nitrogens with zero attached hydrogens (tertiary/aromatic N) is 2. The highest BCUT2D eigenvalue weighted by Crippen LogP contribution is 2.18. The van der Waals surface area contributed by atoms with E-state index in [4.69, 9.17) is 5.26 Å². The lowest BCUT2D eigenvalue weighted by atomic mass is 10.4. The summed E-state index contributed by atoms with van der Waals surface area (Å²) in [5, 5.41) is 7.89. The third-order valence-corrected chi connectivity index (χ3v) is 0.946. The summed E-state index contributed by atoms with van der Waals surface area (Å²) in [6.45, 7) is 0. The summed E-state index contributed by atoms with van der Waals surface area (Å²) in [6, 6.07) is -1.58. The van der Waals surface area contributed by atoms with Crippen molar-refractivity contribution in [2.45, 2.75) is 12.5 Å². The van der Waals surface area contributed by atoms with Gasteiger partial charge in [0, 0.05) is 0 Å². The SMILES string of the molecule is CN(C)C(F)(F)CC#N. The van der Waals surface area contributed by atoms with E-state index in [-0.39, 0.29) is 0 Å². The molecule has 0 amide bonds. The monoisotopic (exact) mass is 134 g/mol. The fraction of sp³-hybridized carbons (Fsp3) is 0.800. The number of rotatable bonds is 2. The van der Waals surface area contributed by atoms with Crippen LogP contribution in [0.5, 0.6) is 0 Å². The molecule has 0 aromatic rings. The Labute approximate surface area is 52.7 Å². The molecule has 0 saturated carbocycles. The van der Waals surface area contributed by atoms with E-state index in [0.29, 0.717) is 0 Å². The number of hydrogen-bond acceptors (Lipinski definition) is 2. The molecule has 52 valence electrons. The van der Waals surface area contributed by atoms with E-state index in [2.05, 4.69) is 0 Å². The fourth-order valence-corrected chi connectivity index (χ4v) is 0.253. The molecule has 2 nitrogen and oxygen atoms in total. The van der Waals surface area contributed by atoms with Crippen molar-refractivity contribution in [3.63, 3.8) is 0 Å². The molecule has 0 aliphatic rings. The highest BCUT2D eigenvalue weighted by atomic mass is 19.3. The summed E-state index contributed by atoms with van der Waals surface area (Å²) in [6.07, 6.45) is -0.750. The largest absolute Gasteiger partial charge is 0.317 e. The maximum atomic E-state index is 12.3. The number of alkyl halides is 2. The van der Waals surface area contributed by atoms with Gasteiger partial charge in [-0.25, -0.2) is 4.90 Å². The van der Waals surface area contributed by atoms with Gasteiger partial charge in [-0.15, -0.1) is 0 Å². The van der Waals surface area contributed by atoms with Crippen LogP contribution in [0.15, 0.2) is 0 Å². The van der Waals surface area contributed by atoms with E-state index < -0.39 is 12.5 Å². The van der Waals surface area contributed by atoms with Gasteiger partial charge in [0.25, 0.3) is 0 Å². The molecule has 0 aromatic carbocycles. The second-order valence-electron chi connectivity index (χ2n) is 1.90. The Morgan fingerprint density at radius 1 is 1.56 bits per heavy atom. The molecule has 0 aromatic heterocycles. The standard InChI is InChI=1S/C5H8F2N2/c1-9(2)5(6,7)3-4-8/h3H2,1-2H3. The molecule has 0 bridgehead atoms. The Hall–Kier alpha value is -0.690. The van der Waals surface area contributed by atoms with E-state index >= 15 is 0 Å². The van der Waals surface area contributed by atoms with Crippen molar-refractivity contribution in [3.05, 3.63) is 0 Å². The fourth-order valence-electron chi connectivity index (χ4n) is 0.253. The van der Waals surface area contributed by atoms with Gasteiger partial charge in [0.15, 0.2) is 0 Å². The third kappa shape index (κ3) is 2.38. The minimum absolute atomic E-state index is 0.718. The van der Waals surface area contributed by atoms with Gasteiger partial charge in [0.05, 0.1) is 6.07 Å². The summed E-state index contributed by atoms with van der Waals surface area (Å²) in [4.78, 5) is 0.718. The van der Waals surface area contributed by atoms with Crippen molar-refractivity contribution in [2.75, 3.05) is 14.1 Å². The number of halogens is 2. The van der Waals surface area contributed by atoms with E-state index in [0.717, 1.165) is 4.90 Å². The molecule has 0 aliphatic carbocycles. The first kappa shape index (κ1) is 8.31. The van der Waals surface area contributed by atoms with Crippen molar-refractivity contribution < 1.29 is 8.78 Å². The minimum atomic E-state index is -2.98. The molecule has 0 saturated heterocycles. The molecule has 0 N–H and O–H groups in total. The van der Waals surface area contributed by atoms with Crippen LogP contribution in [-0.4, -0.2) is 25.0 Å². The van der Waals surface area contributed by atoms with Gasteiger partial charge in [-0.05, 0) is 14.1 Å². The molecule has 0 rings (SSSR count). The zero-order chi connectivity index (χ0) is 7.49. The average molecular weight is 134 g/mol. The van der Waals surface area contributed by atoms with Crippen LogP contribution < -0.4 is 0 Å². The lowest BCUT2D eigenvalue weighted by Crippen LogP contribution is -2.34. The number of hydrogen-bond donors (Lipinski definition) is 0. The predicted octanol–water partition coefficient (Wildman–Crippen LogP) is 1.05. The van der Waals surface area contributed by atoms with Crippen molar-refractivity contribution in [3.8, 4) is 6.07 Å². The van der Waals surface area contributed by atoms with Gasteiger partial charge >= 0.3 is 6.05 Å². The van der Waals surface area contributed by atoms with Crippen LogP contribution in [0.1, 0.15) is 6.42 Å². The maximum absolute atomic E-state index is 12.3. The van der Waals surface area contributed by atoms with Gasteiger partial charge < -0.3 is 0 Å². The molecule has 0 radical (unpaired) electrons. The van der Waals surface area contributed by atoms with Crippen LogP contribution in [0, 0.1) is 11.3 Å². The highest BCUT2D eigenvalue weighted by molar-refractivity contribution is 4.79. The lowest BCUT2D eigenvalue weighted by Gasteiger charge is -2.19. The first-order valence-corrected chi connectivity index (χ1v) is 2.43. The van der Waals surface area contributed by atoms with Crippen LogP contribution in [0.4, 0.5) is 8.78 Å². The topological polar surface area (TPSA) is 27.0 Å². The Kier molecular flexibility index (Phi) is 2.53. The van der Waals surface area contributed by atoms with Gasteiger partial charge in [0.2, 0.25) is 0 Å². The minimum Gasteiger partial charge on any atom is -0.250 e. The van der Waals surface area contributed by atoms with Gasteiger partial charge in [-0.1, -0.05) is 0 Å². The van der Waals surface area contributed by atoms with Crippen LogP contribution in [0.2, 0.25) is 0 Å². The summed E-state index contributed by atoms with van der Waals surface area (Å²) < 4.78 is 24.5. The molecule has 0 heterocycles. The smallest absolute Gasteiger partial charge is 0.250 e. The van der Waals surface area contributed by atoms with Crippen LogP contribution in [0.3, 0.4) is 0 Å². The second-order valence-corrected chi connectivity index (χ2v) is 1.90. The molecule has 0 spiro atoms. The zero-order valence-electron chi connectivity index (χ0n) is 5.36. The summed E-state index contributed by atoms with van der Waals surface area (Å²) in [5.41, 5.74) is 0. The van der Waals surface area contributed by atoms with E-state index in [1.807, 2.05) is 0 Å². The molecule has 0 fully saturated rings. The Morgan fingerprint density at radius 3 is 2.11 bits per heavy atom. The molecule has 0 unspecified atom stereocenters. The predicted molar refractivity (Wildman–Crippen MR) is 28.9 cm³/mol. The lowest BCUT2D eigenvalue weighted by molar-refractivity contribution is -0.116. The van der Waals surface area contributed by atoms with Gasteiger partial charge in [-0.2, -0.15) is 14.0 Å². The average Bonchev–Trinajstić information content (AvgIpc) is 1.65.